The minimum atomic E-state index is -5.12. The number of phosphoric acid groups is 1. The number of carbonyl (C=O) groups is 1. The van der Waals surface area contributed by atoms with E-state index in [0.717, 1.165) is 70.6 Å². The van der Waals surface area contributed by atoms with E-state index in [4.69, 9.17) is 9.05 Å². The first-order valence-electron chi connectivity index (χ1n) is 27.2. The second-order valence-corrected chi connectivity index (χ2v) is 21.0. The number of nitrogens with one attached hydrogen (secondary N) is 1. The molecule has 1 amide bonds. The number of aliphatic hydroxyl groups is 7. The monoisotopic (exact) mass is 964 g/mol. The third-order valence-corrected chi connectivity index (χ3v) is 14.4. The molecule has 1 saturated carbocycles. The van der Waals surface area contributed by atoms with Crippen molar-refractivity contribution >= 4 is 13.7 Å². The van der Waals surface area contributed by atoms with Gasteiger partial charge in [0.1, 0.15) is 36.6 Å². The van der Waals surface area contributed by atoms with Gasteiger partial charge in [-0.1, -0.05) is 219 Å². The van der Waals surface area contributed by atoms with Gasteiger partial charge in [0.05, 0.1) is 31.3 Å². The lowest BCUT2D eigenvalue weighted by Crippen LogP contribution is -2.64. The first kappa shape index (κ1) is 63.1. The molecule has 9 N–H and O–H groups in total. The number of unbranched alkanes of at least 4 members (excludes halogenated alkanes) is 31. The second-order valence-electron chi connectivity index (χ2n) is 19.6. The van der Waals surface area contributed by atoms with E-state index in [9.17, 15) is 50.0 Å². The summed E-state index contributed by atoms with van der Waals surface area (Å²) >= 11 is 0. The Morgan fingerprint density at radius 2 is 0.848 bits per heavy atom. The normalized spacial score (nSPS) is 22.4. The summed E-state index contributed by atoms with van der Waals surface area (Å²) < 4.78 is 23.0. The highest BCUT2D eigenvalue weighted by atomic mass is 31.2. The second kappa shape index (κ2) is 41.8. The number of aliphatic hydroxyl groups excluding tert-OH is 7. The molecule has 66 heavy (non-hydrogen) atoms. The van der Waals surface area contributed by atoms with Gasteiger partial charge < -0.3 is 46.0 Å². The first-order chi connectivity index (χ1) is 31.8. The standard InChI is InChI=1S/C52H102NO12P/c1-3-5-7-9-11-13-15-17-19-21-22-23-24-25-27-29-31-33-35-37-39-43(54)41-46(56)53-44(42-64-66(62,63)65-52-50(60)48(58)47(57)49(59)51(52)61)45(55)40-38-36-34-32-30-28-26-20-18-16-14-12-10-8-6-4-2/h24-25,43-45,47-52,54-55,57-61H,3-23,26-42H2,1-2H3,(H,53,56)(H,62,63)/b25-24-. The van der Waals surface area contributed by atoms with Gasteiger partial charge in [0.15, 0.2) is 0 Å². The van der Waals surface area contributed by atoms with Crippen LogP contribution in [0.4, 0.5) is 0 Å². The van der Waals surface area contributed by atoms with Gasteiger partial charge in [-0.2, -0.15) is 0 Å². The molecule has 13 nitrogen and oxygen atoms in total. The van der Waals surface area contributed by atoms with Crippen LogP contribution >= 0.6 is 7.82 Å². The summed E-state index contributed by atoms with van der Waals surface area (Å²) in [5.41, 5.74) is 0. The van der Waals surface area contributed by atoms with Crippen molar-refractivity contribution in [2.75, 3.05) is 6.61 Å². The minimum absolute atomic E-state index is 0.224. The number of amides is 1. The van der Waals surface area contributed by atoms with E-state index < -0.39 is 75.2 Å². The van der Waals surface area contributed by atoms with Crippen molar-refractivity contribution in [1.82, 2.24) is 5.32 Å². The molecule has 1 fully saturated rings. The maximum atomic E-state index is 13.1. The van der Waals surface area contributed by atoms with Gasteiger partial charge in [-0.05, 0) is 38.5 Å². The summed E-state index contributed by atoms with van der Waals surface area (Å²) in [7, 11) is -5.12. The van der Waals surface area contributed by atoms with Crippen molar-refractivity contribution < 1.29 is 59.0 Å². The van der Waals surface area contributed by atoms with Crippen LogP contribution in [0.3, 0.4) is 0 Å². The molecule has 8 unspecified atom stereocenters. The molecule has 1 rings (SSSR count). The topological polar surface area (TPSA) is 226 Å². The zero-order chi connectivity index (χ0) is 48.7. The van der Waals surface area contributed by atoms with Gasteiger partial charge >= 0.3 is 7.82 Å². The molecule has 0 saturated heterocycles. The summed E-state index contributed by atoms with van der Waals surface area (Å²) in [5.74, 6) is -0.561. The number of rotatable bonds is 46. The van der Waals surface area contributed by atoms with Gasteiger partial charge in [-0.3, -0.25) is 13.8 Å². The molecule has 0 spiro atoms. The maximum Gasteiger partial charge on any atom is 0.472 e. The SMILES string of the molecule is CCCCCCCCCCCCC/C=C\CCCCCCCC(O)CC(=O)NC(COP(=O)(O)OC1C(O)C(O)C(O)C(O)C1O)C(O)CCCCCCCCCCCCCCCCCC. The van der Waals surface area contributed by atoms with Crippen molar-refractivity contribution in [1.29, 1.82) is 0 Å². The van der Waals surface area contributed by atoms with Crippen LogP contribution in [0.15, 0.2) is 12.2 Å². The molecular weight excluding hydrogens is 862 g/mol. The maximum absolute atomic E-state index is 13.1. The average molecular weight is 964 g/mol. The summed E-state index contributed by atoms with van der Waals surface area (Å²) in [5, 5.41) is 74.9. The third kappa shape index (κ3) is 32.8. The molecule has 392 valence electrons. The van der Waals surface area contributed by atoms with E-state index in [0.29, 0.717) is 12.8 Å². The Balaban J connectivity index is 2.42. The number of carbonyl (C=O) groups excluding carboxylic acids is 1. The van der Waals surface area contributed by atoms with Crippen LogP contribution in [0.1, 0.15) is 251 Å². The predicted molar refractivity (Wildman–Crippen MR) is 266 cm³/mol. The third-order valence-electron chi connectivity index (χ3n) is 13.4. The summed E-state index contributed by atoms with van der Waals surface area (Å²) in [6.07, 6.45) is 32.5. The van der Waals surface area contributed by atoms with E-state index in [2.05, 4.69) is 31.3 Å². The highest BCUT2D eigenvalue weighted by Crippen LogP contribution is 2.47. The van der Waals surface area contributed by atoms with Gasteiger partial charge in [-0.15, -0.1) is 0 Å². The molecule has 1 aliphatic carbocycles. The van der Waals surface area contributed by atoms with Crippen LogP contribution in [0.2, 0.25) is 0 Å². The summed E-state index contributed by atoms with van der Waals surface area (Å²) in [4.78, 5) is 23.6. The van der Waals surface area contributed by atoms with Crippen molar-refractivity contribution in [2.45, 2.75) is 306 Å². The molecule has 14 heteroatoms. The fraction of sp³-hybridized carbons (Fsp3) is 0.942. The summed E-state index contributed by atoms with van der Waals surface area (Å²) in [6.45, 7) is 3.82. The molecular formula is C52H102NO12P. The van der Waals surface area contributed by atoms with E-state index in [1.807, 2.05) is 0 Å². The Kier molecular flexibility index (Phi) is 39.9. The van der Waals surface area contributed by atoms with E-state index in [1.54, 1.807) is 0 Å². The van der Waals surface area contributed by atoms with Crippen molar-refractivity contribution in [3.05, 3.63) is 12.2 Å². The molecule has 1 aliphatic rings. The Labute approximate surface area is 401 Å². The van der Waals surface area contributed by atoms with Crippen molar-refractivity contribution in [3.8, 4) is 0 Å². The Morgan fingerprint density at radius 1 is 0.515 bits per heavy atom. The number of hydrogen-bond donors (Lipinski definition) is 9. The molecule has 0 aromatic carbocycles. The fourth-order valence-corrected chi connectivity index (χ4v) is 9.92. The quantitative estimate of drug-likeness (QED) is 0.0158. The molecule has 8 atom stereocenters. The van der Waals surface area contributed by atoms with Crippen LogP contribution in [0, 0.1) is 0 Å². The lowest BCUT2D eigenvalue weighted by molar-refractivity contribution is -0.220. The van der Waals surface area contributed by atoms with E-state index >= 15 is 0 Å². The lowest BCUT2D eigenvalue weighted by Gasteiger charge is -2.41. The number of phosphoric ester groups is 1. The number of hydrogen-bond acceptors (Lipinski definition) is 11. The molecule has 0 bridgehead atoms. The van der Waals surface area contributed by atoms with Gasteiger partial charge in [0.2, 0.25) is 5.91 Å². The lowest BCUT2D eigenvalue weighted by atomic mass is 9.85. The largest absolute Gasteiger partial charge is 0.472 e. The van der Waals surface area contributed by atoms with E-state index in [1.165, 1.54) is 141 Å². The Hall–Kier alpha value is -0.960. The van der Waals surface area contributed by atoms with Crippen molar-refractivity contribution in [3.63, 3.8) is 0 Å². The Morgan fingerprint density at radius 3 is 1.24 bits per heavy atom. The zero-order valence-electron chi connectivity index (χ0n) is 41.9. The fourth-order valence-electron chi connectivity index (χ4n) is 8.95. The van der Waals surface area contributed by atoms with Gasteiger partial charge in [-0.25, -0.2) is 4.57 Å². The molecule has 0 radical (unpaired) electrons. The first-order valence-corrected chi connectivity index (χ1v) is 28.7. The van der Waals surface area contributed by atoms with Gasteiger partial charge in [0, 0.05) is 0 Å². The highest BCUT2D eigenvalue weighted by molar-refractivity contribution is 7.47. The predicted octanol–water partition coefficient (Wildman–Crippen LogP) is 10.5. The number of allylic oxidation sites excluding steroid dienone is 2. The van der Waals surface area contributed by atoms with E-state index in [-0.39, 0.29) is 12.8 Å². The van der Waals surface area contributed by atoms with Crippen LogP contribution < -0.4 is 5.32 Å². The highest BCUT2D eigenvalue weighted by Gasteiger charge is 2.51. The van der Waals surface area contributed by atoms with Crippen LogP contribution in [-0.4, -0.2) is 108 Å². The van der Waals surface area contributed by atoms with Crippen molar-refractivity contribution in [2.24, 2.45) is 0 Å². The molecule has 0 aliphatic heterocycles. The minimum Gasteiger partial charge on any atom is -0.393 e. The average Bonchev–Trinajstić information content (AvgIpc) is 3.29. The Bertz CT molecular complexity index is 1180. The molecule has 0 aromatic heterocycles. The van der Waals surface area contributed by atoms with Crippen LogP contribution in [0.25, 0.3) is 0 Å². The smallest absolute Gasteiger partial charge is 0.393 e. The molecule has 0 aromatic rings. The zero-order valence-corrected chi connectivity index (χ0v) is 42.8. The van der Waals surface area contributed by atoms with Crippen LogP contribution in [-0.2, 0) is 18.4 Å². The van der Waals surface area contributed by atoms with Gasteiger partial charge in [0.25, 0.3) is 0 Å². The summed E-state index contributed by atoms with van der Waals surface area (Å²) in [6, 6.07) is -1.15. The van der Waals surface area contributed by atoms with Crippen LogP contribution in [0.5, 0.6) is 0 Å². The molecule has 0 heterocycles.